The van der Waals surface area contributed by atoms with E-state index in [1.807, 2.05) is 47.1 Å². The fraction of sp³-hybridized carbons (Fsp3) is 0. The Balaban J connectivity index is 1.93. The summed E-state index contributed by atoms with van der Waals surface area (Å²) >= 11 is 3.45. The first-order valence-electron chi connectivity index (χ1n) is 5.79. The summed E-state index contributed by atoms with van der Waals surface area (Å²) in [6.45, 7) is 0. The van der Waals surface area contributed by atoms with Crippen molar-refractivity contribution in [2.75, 3.05) is 0 Å². The number of furan rings is 1. The van der Waals surface area contributed by atoms with Gasteiger partial charge in [-0.05, 0) is 30.3 Å². The largest absolute Gasteiger partial charge is 0.454 e. The third-order valence-electron chi connectivity index (χ3n) is 2.97. The van der Waals surface area contributed by atoms with Crippen LogP contribution in [0.5, 0.6) is 0 Å². The molecule has 0 aliphatic rings. The molecule has 0 fully saturated rings. The van der Waals surface area contributed by atoms with Crippen LogP contribution in [-0.4, -0.2) is 14.4 Å². The lowest BCUT2D eigenvalue weighted by Gasteiger charge is -1.88. The molecule has 0 bridgehead atoms. The van der Waals surface area contributed by atoms with Crippen molar-refractivity contribution >= 4 is 32.7 Å². The molecule has 0 amide bonds. The molecule has 0 saturated heterocycles. The molecule has 3 aromatic heterocycles. The Hall–Kier alpha value is -2.14. The average molecular weight is 314 g/mol. The van der Waals surface area contributed by atoms with Gasteiger partial charge in [0, 0.05) is 28.4 Å². The molecule has 4 rings (SSSR count). The van der Waals surface area contributed by atoms with Crippen molar-refractivity contribution in [1.29, 1.82) is 0 Å². The van der Waals surface area contributed by atoms with Crippen LogP contribution in [-0.2, 0) is 0 Å². The fourth-order valence-corrected chi connectivity index (χ4v) is 2.47. The third-order valence-corrected chi connectivity index (χ3v) is 3.46. The summed E-state index contributed by atoms with van der Waals surface area (Å²) in [5.41, 5.74) is 1.63. The molecule has 0 spiro atoms. The van der Waals surface area contributed by atoms with Crippen LogP contribution in [0.25, 0.3) is 28.2 Å². The van der Waals surface area contributed by atoms with E-state index in [1.165, 1.54) is 0 Å². The van der Waals surface area contributed by atoms with Crippen molar-refractivity contribution in [3.8, 4) is 11.5 Å². The van der Waals surface area contributed by atoms with E-state index in [0.717, 1.165) is 26.9 Å². The standard InChI is InChI=1S/C14H8BrN3O/c15-10-2-3-12-9(6-10)7-13(19-12)11-8-18-5-1-4-16-14(18)17-11/h1-8H. The van der Waals surface area contributed by atoms with Gasteiger partial charge >= 0.3 is 0 Å². The van der Waals surface area contributed by atoms with E-state index in [9.17, 15) is 0 Å². The van der Waals surface area contributed by atoms with Gasteiger partial charge in [-0.1, -0.05) is 15.9 Å². The van der Waals surface area contributed by atoms with Gasteiger partial charge in [0.25, 0.3) is 0 Å². The summed E-state index contributed by atoms with van der Waals surface area (Å²) in [4.78, 5) is 8.65. The number of rotatable bonds is 1. The lowest BCUT2D eigenvalue weighted by Crippen LogP contribution is -1.82. The predicted molar refractivity (Wildman–Crippen MR) is 75.9 cm³/mol. The molecule has 19 heavy (non-hydrogen) atoms. The molecule has 0 N–H and O–H groups in total. The first kappa shape index (κ1) is 10.8. The van der Waals surface area contributed by atoms with Gasteiger partial charge in [0.1, 0.15) is 11.3 Å². The van der Waals surface area contributed by atoms with Gasteiger partial charge in [0.2, 0.25) is 5.78 Å². The van der Waals surface area contributed by atoms with Gasteiger partial charge in [-0.25, -0.2) is 9.97 Å². The summed E-state index contributed by atoms with van der Waals surface area (Å²) in [6.07, 6.45) is 5.55. The summed E-state index contributed by atoms with van der Waals surface area (Å²) < 4.78 is 8.72. The van der Waals surface area contributed by atoms with Gasteiger partial charge in [-0.3, -0.25) is 4.40 Å². The SMILES string of the molecule is Brc1ccc2oc(-c3cn4cccnc4n3)cc2c1. The van der Waals surface area contributed by atoms with E-state index in [2.05, 4.69) is 25.9 Å². The number of hydrogen-bond donors (Lipinski definition) is 0. The Kier molecular flexibility index (Phi) is 2.22. The van der Waals surface area contributed by atoms with Gasteiger partial charge in [-0.2, -0.15) is 0 Å². The molecule has 4 aromatic rings. The normalized spacial score (nSPS) is 11.4. The second-order valence-electron chi connectivity index (χ2n) is 4.25. The topological polar surface area (TPSA) is 43.3 Å². The summed E-state index contributed by atoms with van der Waals surface area (Å²) in [7, 11) is 0. The molecule has 0 aliphatic heterocycles. The van der Waals surface area contributed by atoms with E-state index < -0.39 is 0 Å². The second kappa shape index (κ2) is 3.93. The highest BCUT2D eigenvalue weighted by Crippen LogP contribution is 2.29. The molecule has 5 heteroatoms. The smallest absolute Gasteiger partial charge is 0.234 e. The molecule has 1 aromatic carbocycles. The minimum Gasteiger partial charge on any atom is -0.454 e. The quantitative estimate of drug-likeness (QED) is 0.535. The first-order valence-corrected chi connectivity index (χ1v) is 6.58. The van der Waals surface area contributed by atoms with Crippen molar-refractivity contribution in [3.05, 3.63) is 53.4 Å². The van der Waals surface area contributed by atoms with Crippen molar-refractivity contribution in [3.63, 3.8) is 0 Å². The zero-order valence-electron chi connectivity index (χ0n) is 9.75. The molecule has 3 heterocycles. The maximum absolute atomic E-state index is 5.81. The number of hydrogen-bond acceptors (Lipinski definition) is 3. The number of benzene rings is 1. The third kappa shape index (κ3) is 1.74. The van der Waals surface area contributed by atoms with Crippen molar-refractivity contribution < 1.29 is 4.42 Å². The number of nitrogens with zero attached hydrogens (tertiary/aromatic N) is 3. The Morgan fingerprint density at radius 1 is 1.21 bits per heavy atom. The van der Waals surface area contributed by atoms with E-state index in [0.29, 0.717) is 5.78 Å². The van der Waals surface area contributed by atoms with E-state index in [-0.39, 0.29) is 0 Å². The fourth-order valence-electron chi connectivity index (χ4n) is 2.09. The Labute approximate surface area is 116 Å². The lowest BCUT2D eigenvalue weighted by molar-refractivity contribution is 0.629. The van der Waals surface area contributed by atoms with Crippen LogP contribution < -0.4 is 0 Å². The highest BCUT2D eigenvalue weighted by atomic mass is 79.9. The van der Waals surface area contributed by atoms with E-state index >= 15 is 0 Å². The predicted octanol–water partition coefficient (Wildman–Crippen LogP) is 3.91. The molecule has 0 saturated carbocycles. The summed E-state index contributed by atoms with van der Waals surface area (Å²) in [6, 6.07) is 9.78. The Morgan fingerprint density at radius 2 is 2.16 bits per heavy atom. The minimum atomic E-state index is 0.666. The molecule has 92 valence electrons. The number of imidazole rings is 1. The Bertz CT molecular complexity index is 861. The molecule has 0 aliphatic carbocycles. The number of halogens is 1. The number of aromatic nitrogens is 3. The summed E-state index contributed by atoms with van der Waals surface area (Å²) in [5, 5.41) is 1.05. The van der Waals surface area contributed by atoms with E-state index in [4.69, 9.17) is 4.42 Å². The highest BCUT2D eigenvalue weighted by Gasteiger charge is 2.10. The van der Waals surface area contributed by atoms with Crippen LogP contribution in [0.2, 0.25) is 0 Å². The van der Waals surface area contributed by atoms with Crippen LogP contribution >= 0.6 is 15.9 Å². The van der Waals surface area contributed by atoms with Gasteiger partial charge in [0.05, 0.1) is 0 Å². The van der Waals surface area contributed by atoms with Crippen molar-refractivity contribution in [2.24, 2.45) is 0 Å². The number of fused-ring (bicyclic) bond motifs is 2. The molecule has 0 atom stereocenters. The van der Waals surface area contributed by atoms with Crippen LogP contribution in [0, 0.1) is 0 Å². The summed E-state index contributed by atoms with van der Waals surface area (Å²) in [5.74, 6) is 1.41. The molecule has 0 radical (unpaired) electrons. The van der Waals surface area contributed by atoms with Crippen LogP contribution in [0.3, 0.4) is 0 Å². The molecular weight excluding hydrogens is 306 g/mol. The first-order chi connectivity index (χ1) is 9.29. The molecule has 4 nitrogen and oxygen atoms in total. The van der Waals surface area contributed by atoms with Crippen LogP contribution in [0.1, 0.15) is 0 Å². The van der Waals surface area contributed by atoms with Crippen LogP contribution in [0.4, 0.5) is 0 Å². The molecular formula is C14H8BrN3O. The minimum absolute atomic E-state index is 0.666. The van der Waals surface area contributed by atoms with Gasteiger partial charge in [0.15, 0.2) is 5.76 Å². The van der Waals surface area contributed by atoms with E-state index in [1.54, 1.807) is 6.20 Å². The van der Waals surface area contributed by atoms with Gasteiger partial charge < -0.3 is 4.42 Å². The van der Waals surface area contributed by atoms with Crippen molar-refractivity contribution in [1.82, 2.24) is 14.4 Å². The zero-order chi connectivity index (χ0) is 12.8. The lowest BCUT2D eigenvalue weighted by atomic mass is 10.2. The average Bonchev–Trinajstić information content (AvgIpc) is 3.00. The highest BCUT2D eigenvalue weighted by molar-refractivity contribution is 9.10. The Morgan fingerprint density at radius 3 is 3.05 bits per heavy atom. The second-order valence-corrected chi connectivity index (χ2v) is 5.16. The maximum Gasteiger partial charge on any atom is 0.234 e. The van der Waals surface area contributed by atoms with Crippen LogP contribution in [0.15, 0.2) is 57.8 Å². The molecule has 0 unspecified atom stereocenters. The van der Waals surface area contributed by atoms with Gasteiger partial charge in [-0.15, -0.1) is 0 Å². The van der Waals surface area contributed by atoms with Crippen molar-refractivity contribution in [2.45, 2.75) is 0 Å². The monoisotopic (exact) mass is 313 g/mol. The zero-order valence-corrected chi connectivity index (χ0v) is 11.3. The maximum atomic E-state index is 5.81.